The average Bonchev–Trinajstić information content (AvgIpc) is 3.26. The van der Waals surface area contributed by atoms with Gasteiger partial charge in [-0.2, -0.15) is 0 Å². The minimum atomic E-state index is -0.425. The minimum Gasteiger partial charge on any atom is -0.378 e. The smallest absolute Gasteiger partial charge is 0.234 e. The van der Waals surface area contributed by atoms with Crippen molar-refractivity contribution in [3.05, 3.63) is 69.8 Å². The van der Waals surface area contributed by atoms with Gasteiger partial charge in [-0.15, -0.1) is 0 Å². The molecule has 2 aromatic carbocycles. The van der Waals surface area contributed by atoms with E-state index < -0.39 is 5.92 Å². The minimum absolute atomic E-state index is 0.00816. The monoisotopic (exact) mass is 362 g/mol. The first-order chi connectivity index (χ1) is 12.6. The first kappa shape index (κ1) is 14.6. The molecule has 4 atom stereocenters. The molecular weight excluding hydrogens is 348 g/mol. The summed E-state index contributed by atoms with van der Waals surface area (Å²) < 4.78 is 0. The number of anilines is 1. The number of fused-ring (bicyclic) bond motifs is 9. The first-order valence-corrected chi connectivity index (χ1v) is 9.23. The molecule has 4 aliphatic rings. The molecule has 2 aromatic rings. The van der Waals surface area contributed by atoms with Gasteiger partial charge in [0.25, 0.3) is 0 Å². The second kappa shape index (κ2) is 4.77. The zero-order valence-corrected chi connectivity index (χ0v) is 14.5. The first-order valence-electron chi connectivity index (χ1n) is 8.85. The summed E-state index contributed by atoms with van der Waals surface area (Å²) in [5.41, 5.74) is 6.66. The number of carbonyl (C=O) groups is 2. The number of carbonyl (C=O) groups excluding carboxylic acids is 2. The summed E-state index contributed by atoms with van der Waals surface area (Å²) in [6.07, 6.45) is 0.800. The van der Waals surface area contributed by atoms with E-state index in [4.69, 9.17) is 11.6 Å². The second-order valence-electron chi connectivity index (χ2n) is 7.51. The molecule has 6 rings (SSSR count). The van der Waals surface area contributed by atoms with E-state index in [1.54, 1.807) is 0 Å². The van der Waals surface area contributed by atoms with Gasteiger partial charge in [0.2, 0.25) is 11.8 Å². The van der Waals surface area contributed by atoms with Crippen LogP contribution in [0.3, 0.4) is 0 Å². The lowest BCUT2D eigenvalue weighted by molar-refractivity contribution is -0.126. The number of imide groups is 1. The third-order valence-electron chi connectivity index (χ3n) is 6.34. The van der Waals surface area contributed by atoms with Crippen molar-refractivity contribution >= 4 is 34.7 Å². The fraction of sp³-hybridized carbons (Fsp3) is 0.238. The number of nitrogens with one attached hydrogen (secondary N) is 2. The fourth-order valence-electron chi connectivity index (χ4n) is 5.41. The Balaban J connectivity index is 1.62. The topological polar surface area (TPSA) is 58.2 Å². The largest absolute Gasteiger partial charge is 0.378 e. The SMILES string of the molecule is O=C1NC(=O)C2C1C1=C(Cc3ccc(Cl)cc31)C1Nc3ccccc3C12. The molecule has 0 spiro atoms. The predicted molar refractivity (Wildman–Crippen MR) is 98.8 cm³/mol. The second-order valence-corrected chi connectivity index (χ2v) is 7.95. The summed E-state index contributed by atoms with van der Waals surface area (Å²) in [6.45, 7) is 0. The van der Waals surface area contributed by atoms with Crippen LogP contribution in [0.1, 0.15) is 22.6 Å². The molecule has 0 radical (unpaired) electrons. The van der Waals surface area contributed by atoms with E-state index in [9.17, 15) is 9.59 Å². The molecule has 1 saturated heterocycles. The van der Waals surface area contributed by atoms with E-state index in [2.05, 4.69) is 22.8 Å². The van der Waals surface area contributed by atoms with Crippen molar-refractivity contribution in [2.24, 2.45) is 11.8 Å². The zero-order chi connectivity index (χ0) is 17.6. The van der Waals surface area contributed by atoms with Crippen LogP contribution in [0.2, 0.25) is 5.02 Å². The molecule has 128 valence electrons. The number of halogens is 1. The van der Waals surface area contributed by atoms with Crippen LogP contribution < -0.4 is 10.6 Å². The fourth-order valence-corrected chi connectivity index (χ4v) is 5.58. The van der Waals surface area contributed by atoms with Gasteiger partial charge in [-0.3, -0.25) is 14.9 Å². The van der Waals surface area contributed by atoms with E-state index in [0.717, 1.165) is 28.8 Å². The zero-order valence-electron chi connectivity index (χ0n) is 13.8. The molecule has 2 aliphatic carbocycles. The molecule has 2 N–H and O–H groups in total. The van der Waals surface area contributed by atoms with Crippen LogP contribution in [0.15, 0.2) is 48.0 Å². The van der Waals surface area contributed by atoms with Crippen LogP contribution in [0, 0.1) is 11.8 Å². The van der Waals surface area contributed by atoms with Gasteiger partial charge in [0.05, 0.1) is 17.9 Å². The van der Waals surface area contributed by atoms with Gasteiger partial charge in [-0.1, -0.05) is 35.9 Å². The number of benzene rings is 2. The molecule has 4 unspecified atom stereocenters. The Kier molecular flexibility index (Phi) is 2.67. The third-order valence-corrected chi connectivity index (χ3v) is 6.58. The molecule has 26 heavy (non-hydrogen) atoms. The summed E-state index contributed by atoms with van der Waals surface area (Å²) in [6, 6.07) is 14.0. The van der Waals surface area contributed by atoms with Crippen LogP contribution >= 0.6 is 11.6 Å². The Morgan fingerprint density at radius 3 is 2.73 bits per heavy atom. The van der Waals surface area contributed by atoms with Gasteiger partial charge >= 0.3 is 0 Å². The van der Waals surface area contributed by atoms with Gasteiger partial charge in [-0.25, -0.2) is 0 Å². The lowest BCUT2D eigenvalue weighted by atomic mass is 9.66. The number of amides is 2. The number of para-hydroxylation sites is 1. The van der Waals surface area contributed by atoms with Gasteiger partial charge < -0.3 is 5.32 Å². The van der Waals surface area contributed by atoms with Gasteiger partial charge in [0.15, 0.2) is 0 Å². The highest BCUT2D eigenvalue weighted by atomic mass is 35.5. The van der Waals surface area contributed by atoms with Crippen molar-refractivity contribution in [3.63, 3.8) is 0 Å². The van der Waals surface area contributed by atoms with Crippen molar-refractivity contribution in [3.8, 4) is 0 Å². The van der Waals surface area contributed by atoms with E-state index in [0.29, 0.717) is 5.02 Å². The van der Waals surface area contributed by atoms with E-state index in [1.807, 2.05) is 30.3 Å². The summed E-state index contributed by atoms with van der Waals surface area (Å²) in [5.74, 6) is -1.14. The highest BCUT2D eigenvalue weighted by Crippen LogP contribution is 2.58. The lowest BCUT2D eigenvalue weighted by Crippen LogP contribution is -2.39. The van der Waals surface area contributed by atoms with Crippen LogP contribution in [0.5, 0.6) is 0 Å². The quantitative estimate of drug-likeness (QED) is 0.708. The van der Waals surface area contributed by atoms with E-state index >= 15 is 0 Å². The molecule has 2 aliphatic heterocycles. The van der Waals surface area contributed by atoms with Crippen molar-refractivity contribution in [1.29, 1.82) is 0 Å². The number of rotatable bonds is 0. The summed E-state index contributed by atoms with van der Waals surface area (Å²) in [4.78, 5) is 25.5. The standard InChI is InChI=1S/C21H15ClN2O2/c22-10-6-5-9-7-13-15(12(9)8-10)17-18(21(26)24-20(17)25)16-11-3-1-2-4-14(11)23-19(13)16/h1-6,8,16-19,23H,7H2,(H,24,25,26). The maximum Gasteiger partial charge on any atom is 0.234 e. The van der Waals surface area contributed by atoms with Crippen molar-refractivity contribution in [2.45, 2.75) is 18.4 Å². The van der Waals surface area contributed by atoms with Crippen LogP contribution in [-0.4, -0.2) is 17.9 Å². The number of hydrogen-bond acceptors (Lipinski definition) is 3. The van der Waals surface area contributed by atoms with E-state index in [1.165, 1.54) is 11.1 Å². The Hall–Kier alpha value is -2.59. The van der Waals surface area contributed by atoms with Gasteiger partial charge in [0.1, 0.15) is 0 Å². The third kappa shape index (κ3) is 1.65. The Morgan fingerprint density at radius 1 is 1.00 bits per heavy atom. The molecule has 2 heterocycles. The summed E-state index contributed by atoms with van der Waals surface area (Å²) >= 11 is 6.24. The number of hydrogen-bond donors (Lipinski definition) is 2. The Labute approximate surface area is 155 Å². The van der Waals surface area contributed by atoms with Gasteiger partial charge in [-0.05, 0) is 52.5 Å². The van der Waals surface area contributed by atoms with Crippen molar-refractivity contribution in [1.82, 2.24) is 5.32 Å². The summed E-state index contributed by atoms with van der Waals surface area (Å²) in [7, 11) is 0. The van der Waals surface area contributed by atoms with Crippen LogP contribution in [0.4, 0.5) is 5.69 Å². The molecule has 0 bridgehead atoms. The molecular formula is C21H15ClN2O2. The van der Waals surface area contributed by atoms with Crippen molar-refractivity contribution < 1.29 is 9.59 Å². The van der Waals surface area contributed by atoms with Crippen LogP contribution in [0.25, 0.3) is 5.57 Å². The summed E-state index contributed by atoms with van der Waals surface area (Å²) in [5, 5.41) is 6.87. The normalized spacial score (nSPS) is 30.2. The van der Waals surface area contributed by atoms with Crippen LogP contribution in [-0.2, 0) is 16.0 Å². The highest BCUT2D eigenvalue weighted by Gasteiger charge is 2.58. The van der Waals surface area contributed by atoms with Crippen molar-refractivity contribution in [2.75, 3.05) is 5.32 Å². The Morgan fingerprint density at radius 2 is 1.85 bits per heavy atom. The molecule has 5 heteroatoms. The lowest BCUT2D eigenvalue weighted by Gasteiger charge is -2.35. The maximum absolute atomic E-state index is 12.7. The Bertz CT molecular complexity index is 1060. The maximum atomic E-state index is 12.7. The molecule has 4 nitrogen and oxygen atoms in total. The van der Waals surface area contributed by atoms with E-state index in [-0.39, 0.29) is 29.7 Å². The van der Waals surface area contributed by atoms with Gasteiger partial charge in [0, 0.05) is 16.6 Å². The highest BCUT2D eigenvalue weighted by molar-refractivity contribution is 6.31. The predicted octanol–water partition coefficient (Wildman–Crippen LogP) is 3.13. The molecule has 1 fully saturated rings. The molecule has 0 saturated carbocycles. The molecule has 0 aromatic heterocycles. The average molecular weight is 363 g/mol. The molecule has 2 amide bonds.